The van der Waals surface area contributed by atoms with Crippen LogP contribution in [-0.2, 0) is 4.79 Å². The molecular weight excluding hydrogens is 424 g/mol. The molecule has 0 heterocycles. The maximum atomic E-state index is 13.7. The number of ketones is 1. The molecule has 0 amide bonds. The second-order valence-corrected chi connectivity index (χ2v) is 14.8. The summed E-state index contributed by atoms with van der Waals surface area (Å²) in [4.78, 5) is 13.7. The lowest BCUT2D eigenvalue weighted by Crippen LogP contribution is -2.60. The van der Waals surface area contributed by atoms with E-state index in [-0.39, 0.29) is 46.1 Å². The highest BCUT2D eigenvalue weighted by atomic mass is 16.3. The molecule has 0 spiro atoms. The molecule has 0 saturated heterocycles. The highest BCUT2D eigenvalue weighted by Crippen LogP contribution is 2.70. The Labute approximate surface area is 206 Å². The zero-order valence-electron chi connectivity index (χ0n) is 22.4. The average Bonchev–Trinajstić information content (AvgIpc) is 2.91. The molecule has 0 aromatic heterocycles. The molecular formula is C30H48O4. The summed E-state index contributed by atoms with van der Waals surface area (Å²) >= 11 is 0. The third kappa shape index (κ3) is 3.10. The standard InChI is InChI=1S/C30H48O4/c1-26(2)21-9-12-27(3)16-18-15-20(32)25-28(4,13-11-24(34)30(25,6)17-31)19(18)7-8-22(27)29(21,5)14-10-23(26)33/h15,19,21-25,31,33-34H,7-14,16-17H2,1-6H3/t19-,21-,22-,23+,24+,25+,27-,28+,29-,30+/m0/s1. The van der Waals surface area contributed by atoms with Gasteiger partial charge >= 0.3 is 0 Å². The van der Waals surface area contributed by atoms with Crippen LogP contribution in [0.25, 0.3) is 0 Å². The van der Waals surface area contributed by atoms with Gasteiger partial charge in [-0.05, 0) is 103 Å². The van der Waals surface area contributed by atoms with Crippen LogP contribution in [0.2, 0.25) is 0 Å². The predicted octanol–water partition coefficient (Wildman–Crippen LogP) is 5.29. The second-order valence-electron chi connectivity index (χ2n) is 14.8. The van der Waals surface area contributed by atoms with E-state index in [1.165, 1.54) is 18.4 Å². The first-order chi connectivity index (χ1) is 15.7. The van der Waals surface area contributed by atoms with Crippen molar-refractivity contribution in [2.45, 2.75) is 112 Å². The first-order valence-electron chi connectivity index (χ1n) is 14.0. The van der Waals surface area contributed by atoms with Crippen molar-refractivity contribution in [2.24, 2.45) is 50.7 Å². The molecule has 0 unspecified atom stereocenters. The largest absolute Gasteiger partial charge is 0.396 e. The fraction of sp³-hybridized carbons (Fsp3) is 0.900. The molecule has 0 aromatic rings. The molecule has 0 bridgehead atoms. The van der Waals surface area contributed by atoms with Gasteiger partial charge in [-0.15, -0.1) is 0 Å². The van der Waals surface area contributed by atoms with Gasteiger partial charge in [-0.25, -0.2) is 0 Å². The number of hydrogen-bond acceptors (Lipinski definition) is 4. The van der Waals surface area contributed by atoms with E-state index < -0.39 is 11.5 Å². The van der Waals surface area contributed by atoms with Crippen molar-refractivity contribution in [3.63, 3.8) is 0 Å². The molecule has 4 saturated carbocycles. The Morgan fingerprint density at radius 2 is 1.47 bits per heavy atom. The van der Waals surface area contributed by atoms with Crippen LogP contribution in [0.1, 0.15) is 99.3 Å². The van der Waals surface area contributed by atoms with Gasteiger partial charge in [0.1, 0.15) is 0 Å². The number of rotatable bonds is 1. The zero-order chi connectivity index (χ0) is 24.9. The van der Waals surface area contributed by atoms with Crippen LogP contribution in [0.4, 0.5) is 0 Å². The second kappa shape index (κ2) is 7.65. The van der Waals surface area contributed by atoms with E-state index in [2.05, 4.69) is 34.6 Å². The normalized spacial score (nSPS) is 54.6. The molecule has 4 nitrogen and oxygen atoms in total. The van der Waals surface area contributed by atoms with Crippen molar-refractivity contribution in [2.75, 3.05) is 6.61 Å². The van der Waals surface area contributed by atoms with Crippen molar-refractivity contribution in [3.8, 4) is 0 Å². The molecule has 34 heavy (non-hydrogen) atoms. The third-order valence-electron chi connectivity index (χ3n) is 12.7. The van der Waals surface area contributed by atoms with E-state index >= 15 is 0 Å². The molecule has 0 radical (unpaired) electrons. The zero-order valence-corrected chi connectivity index (χ0v) is 22.4. The monoisotopic (exact) mass is 472 g/mol. The Balaban J connectivity index is 1.54. The summed E-state index contributed by atoms with van der Waals surface area (Å²) in [5, 5.41) is 32.0. The molecule has 5 aliphatic rings. The van der Waals surface area contributed by atoms with Gasteiger partial charge < -0.3 is 15.3 Å². The molecule has 5 aliphatic carbocycles. The lowest BCUT2D eigenvalue weighted by Gasteiger charge is -2.63. The Kier molecular flexibility index (Phi) is 5.62. The van der Waals surface area contributed by atoms with Gasteiger partial charge in [0.15, 0.2) is 5.78 Å². The van der Waals surface area contributed by atoms with E-state index in [1.807, 2.05) is 13.0 Å². The lowest BCUT2D eigenvalue weighted by atomic mass is 9.42. The molecule has 0 aromatic carbocycles. The van der Waals surface area contributed by atoms with Crippen molar-refractivity contribution in [3.05, 3.63) is 11.6 Å². The van der Waals surface area contributed by atoms with Crippen LogP contribution in [0.15, 0.2) is 11.6 Å². The summed E-state index contributed by atoms with van der Waals surface area (Å²) in [7, 11) is 0. The molecule has 3 N–H and O–H groups in total. The maximum Gasteiger partial charge on any atom is 0.160 e. The smallest absolute Gasteiger partial charge is 0.160 e. The number of carbonyl (C=O) groups is 1. The molecule has 0 aliphatic heterocycles. The summed E-state index contributed by atoms with van der Waals surface area (Å²) < 4.78 is 0. The lowest BCUT2D eigenvalue weighted by molar-refractivity contribution is -0.171. The van der Waals surface area contributed by atoms with Crippen molar-refractivity contribution >= 4 is 5.78 Å². The number of fused-ring (bicyclic) bond motifs is 6. The van der Waals surface area contributed by atoms with Gasteiger partial charge in [0.2, 0.25) is 0 Å². The minimum absolute atomic E-state index is 0.0534. The third-order valence-corrected chi connectivity index (χ3v) is 12.7. The van der Waals surface area contributed by atoms with Gasteiger partial charge in [-0.3, -0.25) is 4.79 Å². The summed E-state index contributed by atoms with van der Waals surface area (Å²) in [6, 6.07) is 0. The Bertz CT molecular complexity index is 892. The minimum Gasteiger partial charge on any atom is -0.396 e. The fourth-order valence-corrected chi connectivity index (χ4v) is 10.9. The first-order valence-corrected chi connectivity index (χ1v) is 14.0. The van der Waals surface area contributed by atoms with Gasteiger partial charge in [0.05, 0.1) is 18.8 Å². The molecule has 4 heteroatoms. The quantitative estimate of drug-likeness (QED) is 0.484. The van der Waals surface area contributed by atoms with E-state index in [9.17, 15) is 20.1 Å². The van der Waals surface area contributed by atoms with E-state index in [0.29, 0.717) is 24.2 Å². The highest BCUT2D eigenvalue weighted by molar-refractivity contribution is 5.95. The number of allylic oxidation sites excluding steroid dienone is 2. The Morgan fingerprint density at radius 3 is 2.15 bits per heavy atom. The van der Waals surface area contributed by atoms with Crippen LogP contribution in [0.5, 0.6) is 0 Å². The maximum absolute atomic E-state index is 13.7. The number of aliphatic hydroxyl groups excluding tert-OH is 3. The molecule has 5 rings (SSSR count). The fourth-order valence-electron chi connectivity index (χ4n) is 10.9. The van der Waals surface area contributed by atoms with Crippen molar-refractivity contribution < 1.29 is 20.1 Å². The first kappa shape index (κ1) is 25.0. The molecule has 4 fully saturated rings. The molecule has 192 valence electrons. The number of carbonyl (C=O) groups excluding carboxylic acids is 1. The Hall–Kier alpha value is -0.710. The summed E-state index contributed by atoms with van der Waals surface area (Å²) in [5.41, 5.74) is 0.725. The topological polar surface area (TPSA) is 77.8 Å². The highest BCUT2D eigenvalue weighted by Gasteiger charge is 2.64. The van der Waals surface area contributed by atoms with Gasteiger partial charge in [0.25, 0.3) is 0 Å². The van der Waals surface area contributed by atoms with E-state index in [0.717, 1.165) is 38.5 Å². The number of aliphatic hydroxyl groups is 3. The van der Waals surface area contributed by atoms with Crippen LogP contribution >= 0.6 is 0 Å². The summed E-state index contributed by atoms with van der Waals surface area (Å²) in [6.07, 6.45) is 10.2. The van der Waals surface area contributed by atoms with E-state index in [4.69, 9.17) is 0 Å². The van der Waals surface area contributed by atoms with Crippen LogP contribution in [-0.4, -0.2) is 39.9 Å². The van der Waals surface area contributed by atoms with Gasteiger partial charge in [-0.1, -0.05) is 47.1 Å². The summed E-state index contributed by atoms with van der Waals surface area (Å²) in [6.45, 7) is 13.6. The van der Waals surface area contributed by atoms with Crippen LogP contribution < -0.4 is 0 Å². The Morgan fingerprint density at radius 1 is 0.824 bits per heavy atom. The van der Waals surface area contributed by atoms with E-state index in [1.54, 1.807) is 0 Å². The minimum atomic E-state index is -0.768. The average molecular weight is 473 g/mol. The van der Waals surface area contributed by atoms with Crippen molar-refractivity contribution in [1.29, 1.82) is 0 Å². The van der Waals surface area contributed by atoms with Gasteiger partial charge in [-0.2, -0.15) is 0 Å². The van der Waals surface area contributed by atoms with Crippen LogP contribution in [0.3, 0.4) is 0 Å². The molecule has 10 atom stereocenters. The van der Waals surface area contributed by atoms with Crippen molar-refractivity contribution in [1.82, 2.24) is 0 Å². The summed E-state index contributed by atoms with van der Waals surface area (Å²) in [5.74, 6) is 1.28. The SMILES string of the molecule is CC1(C)[C@H](O)CC[C@@]2(C)[C@H]1CC[C@@]1(C)CC3=CC(=O)[C@H]4[C@](C)(CO)[C@H](O)CC[C@]4(C)[C@H]3CC[C@@H]12. The van der Waals surface area contributed by atoms with Gasteiger partial charge in [0, 0.05) is 11.3 Å². The van der Waals surface area contributed by atoms with Crippen LogP contribution in [0, 0.1) is 50.7 Å². The predicted molar refractivity (Wildman–Crippen MR) is 134 cm³/mol. The number of hydrogen-bond donors (Lipinski definition) is 3.